The summed E-state index contributed by atoms with van der Waals surface area (Å²) in [5.74, 6) is 1.63. The third kappa shape index (κ3) is 2.46. The van der Waals surface area contributed by atoms with Crippen LogP contribution in [-0.2, 0) is 21.0 Å². The second-order valence-electron chi connectivity index (χ2n) is 5.91. The highest BCUT2D eigenvalue weighted by Crippen LogP contribution is 2.50. The number of methoxy groups -OCH3 is 1. The van der Waals surface area contributed by atoms with Crippen LogP contribution in [0.25, 0.3) is 0 Å². The topological polar surface area (TPSA) is 46.5 Å². The lowest BCUT2D eigenvalue weighted by atomic mass is 9.79. The van der Waals surface area contributed by atoms with Crippen LogP contribution < -0.4 is 0 Å². The van der Waals surface area contributed by atoms with Gasteiger partial charge in [0.2, 0.25) is 11.4 Å². The van der Waals surface area contributed by atoms with Crippen molar-refractivity contribution in [2.24, 2.45) is 0 Å². The van der Waals surface area contributed by atoms with Gasteiger partial charge < -0.3 is 9.84 Å². The van der Waals surface area contributed by atoms with Crippen molar-refractivity contribution in [1.29, 1.82) is 0 Å². The Balaban J connectivity index is 1.90. The molecule has 1 aromatic rings. The molecule has 0 amide bonds. The maximum atomic E-state index is 12.4. The number of fused-ring (bicyclic) bond motifs is 1. The summed E-state index contributed by atoms with van der Waals surface area (Å²) >= 11 is 3.21. The summed E-state index contributed by atoms with van der Waals surface area (Å²) in [6, 6.07) is 4.44. The first kappa shape index (κ1) is 16.7. The summed E-state index contributed by atoms with van der Waals surface area (Å²) in [4.78, 5) is 12.4. The Hall–Kier alpha value is -1.17. The van der Waals surface area contributed by atoms with Crippen molar-refractivity contribution >= 4 is 29.3 Å². The third-order valence-electron chi connectivity index (χ3n) is 4.53. The molecule has 3 rings (SSSR count). The fourth-order valence-corrected chi connectivity index (χ4v) is 5.95. The van der Waals surface area contributed by atoms with E-state index in [9.17, 15) is 9.90 Å². The Labute approximate surface area is 145 Å². The normalized spacial score (nSPS) is 24.8. The number of allylic oxidation sites excluding steroid dienone is 1. The van der Waals surface area contributed by atoms with Gasteiger partial charge in [0, 0.05) is 11.5 Å². The average molecular weight is 348 g/mol. The van der Waals surface area contributed by atoms with Crippen LogP contribution in [0, 0.1) is 13.8 Å². The van der Waals surface area contributed by atoms with E-state index in [1.54, 1.807) is 23.5 Å². The van der Waals surface area contributed by atoms with E-state index in [1.165, 1.54) is 35.4 Å². The lowest BCUT2D eigenvalue weighted by molar-refractivity contribution is -0.136. The molecule has 1 atom stereocenters. The molecule has 1 aliphatic heterocycles. The highest BCUT2D eigenvalue weighted by atomic mass is 32.2. The van der Waals surface area contributed by atoms with Crippen molar-refractivity contribution in [3.05, 3.63) is 58.4 Å². The summed E-state index contributed by atoms with van der Waals surface area (Å²) < 4.78 is 5.02. The predicted molar refractivity (Wildman–Crippen MR) is 96.5 cm³/mol. The summed E-state index contributed by atoms with van der Waals surface area (Å²) in [6.45, 7) is 7.85. The Kier molecular flexibility index (Phi) is 4.38. The molecule has 1 aliphatic carbocycles. The first-order chi connectivity index (χ1) is 10.9. The van der Waals surface area contributed by atoms with E-state index in [0.717, 1.165) is 11.5 Å². The standard InChI is InChI=1S/C18H20O3S2/c1-5-14-15(19)18(20,16(14)21-4)17-22-8-12-6-10(2)11(3)7-13(12)9-23-17/h5-7,17,20H,1,8-9H2,2-4H3. The van der Waals surface area contributed by atoms with Crippen LogP contribution in [0.2, 0.25) is 0 Å². The van der Waals surface area contributed by atoms with Crippen molar-refractivity contribution in [3.8, 4) is 0 Å². The molecule has 1 unspecified atom stereocenters. The number of Topliss-reactive ketones (excluding diaryl/α,β-unsaturated/α-hetero) is 1. The number of carbonyl (C=O) groups excluding carboxylic acids is 1. The number of ketones is 1. The van der Waals surface area contributed by atoms with Crippen LogP contribution in [0.4, 0.5) is 0 Å². The number of aryl methyl sites for hydroxylation is 2. The number of ether oxygens (including phenoxy) is 1. The van der Waals surface area contributed by atoms with Crippen LogP contribution in [0.3, 0.4) is 0 Å². The maximum absolute atomic E-state index is 12.4. The van der Waals surface area contributed by atoms with Crippen molar-refractivity contribution < 1.29 is 14.6 Å². The van der Waals surface area contributed by atoms with E-state index >= 15 is 0 Å². The predicted octanol–water partition coefficient (Wildman–Crippen LogP) is 3.51. The number of benzene rings is 1. The Bertz CT molecular complexity index is 690. The fourth-order valence-electron chi connectivity index (χ4n) is 3.04. The first-order valence-electron chi connectivity index (χ1n) is 7.44. The maximum Gasteiger partial charge on any atom is 0.207 e. The van der Waals surface area contributed by atoms with Gasteiger partial charge in [-0.25, -0.2) is 0 Å². The van der Waals surface area contributed by atoms with Gasteiger partial charge in [0.1, 0.15) is 5.76 Å². The quantitative estimate of drug-likeness (QED) is 0.906. The number of hydrogen-bond donors (Lipinski definition) is 1. The number of hydrogen-bond acceptors (Lipinski definition) is 5. The molecule has 0 aromatic heterocycles. The van der Waals surface area contributed by atoms with Crippen LogP contribution in [0.5, 0.6) is 0 Å². The van der Waals surface area contributed by atoms with Crippen LogP contribution in [-0.4, -0.2) is 28.2 Å². The molecular weight excluding hydrogens is 328 g/mol. The Morgan fingerprint density at radius 3 is 2.22 bits per heavy atom. The van der Waals surface area contributed by atoms with Crippen molar-refractivity contribution in [3.63, 3.8) is 0 Å². The molecule has 122 valence electrons. The molecule has 5 heteroatoms. The van der Waals surface area contributed by atoms with Gasteiger partial charge in [0.15, 0.2) is 0 Å². The van der Waals surface area contributed by atoms with Crippen molar-refractivity contribution in [2.75, 3.05) is 7.11 Å². The van der Waals surface area contributed by atoms with E-state index in [-0.39, 0.29) is 10.4 Å². The number of carbonyl (C=O) groups is 1. The SMILES string of the molecule is C=CC1=C(OC)C(O)(C2SCc3cc(C)c(C)cc3CS2)C1=O. The lowest BCUT2D eigenvalue weighted by Gasteiger charge is -2.41. The molecule has 23 heavy (non-hydrogen) atoms. The van der Waals surface area contributed by atoms with Crippen molar-refractivity contribution in [2.45, 2.75) is 35.5 Å². The van der Waals surface area contributed by atoms with E-state index in [0.29, 0.717) is 11.3 Å². The summed E-state index contributed by atoms with van der Waals surface area (Å²) in [6.07, 6.45) is 1.46. The lowest BCUT2D eigenvalue weighted by Crippen LogP contribution is -2.57. The van der Waals surface area contributed by atoms with Gasteiger partial charge in [-0.2, -0.15) is 0 Å². The summed E-state index contributed by atoms with van der Waals surface area (Å²) in [7, 11) is 1.49. The van der Waals surface area contributed by atoms with Gasteiger partial charge >= 0.3 is 0 Å². The van der Waals surface area contributed by atoms with Gasteiger partial charge in [-0.3, -0.25) is 4.79 Å². The molecule has 0 saturated carbocycles. The molecule has 1 heterocycles. The average Bonchev–Trinajstić information content (AvgIpc) is 2.74. The minimum atomic E-state index is -1.54. The number of aliphatic hydroxyl groups is 1. The smallest absolute Gasteiger partial charge is 0.207 e. The van der Waals surface area contributed by atoms with Gasteiger partial charge in [-0.05, 0) is 36.1 Å². The molecule has 1 N–H and O–H groups in total. The monoisotopic (exact) mass is 348 g/mol. The second-order valence-corrected chi connectivity index (χ2v) is 8.39. The molecule has 3 nitrogen and oxygen atoms in total. The molecule has 0 radical (unpaired) electrons. The number of rotatable bonds is 3. The molecule has 2 aliphatic rings. The largest absolute Gasteiger partial charge is 0.497 e. The van der Waals surface area contributed by atoms with Gasteiger partial charge in [-0.1, -0.05) is 24.8 Å². The van der Waals surface area contributed by atoms with Crippen LogP contribution in [0.1, 0.15) is 22.3 Å². The second kappa shape index (κ2) is 6.04. The highest BCUT2D eigenvalue weighted by Gasteiger charge is 2.59. The third-order valence-corrected chi connectivity index (χ3v) is 7.59. The minimum absolute atomic E-state index is 0.276. The molecule has 0 saturated heterocycles. The van der Waals surface area contributed by atoms with E-state index in [2.05, 4.69) is 32.6 Å². The van der Waals surface area contributed by atoms with E-state index in [4.69, 9.17) is 4.74 Å². The molecule has 0 bridgehead atoms. The molecular formula is C18H20O3S2. The Morgan fingerprint density at radius 2 is 1.78 bits per heavy atom. The number of thioether (sulfide) groups is 2. The van der Waals surface area contributed by atoms with E-state index in [1.807, 2.05) is 0 Å². The minimum Gasteiger partial charge on any atom is -0.497 e. The zero-order valence-corrected chi connectivity index (χ0v) is 15.1. The summed E-state index contributed by atoms with van der Waals surface area (Å²) in [5, 5.41) is 11.0. The van der Waals surface area contributed by atoms with E-state index < -0.39 is 5.60 Å². The molecule has 1 aromatic carbocycles. The van der Waals surface area contributed by atoms with Crippen molar-refractivity contribution in [1.82, 2.24) is 0 Å². The Morgan fingerprint density at radius 1 is 1.26 bits per heavy atom. The van der Waals surface area contributed by atoms with Crippen LogP contribution >= 0.6 is 23.5 Å². The zero-order chi connectivity index (χ0) is 16.8. The van der Waals surface area contributed by atoms with Gasteiger partial charge in [0.05, 0.1) is 17.3 Å². The van der Waals surface area contributed by atoms with Gasteiger partial charge in [-0.15, -0.1) is 23.5 Å². The molecule has 0 spiro atoms. The first-order valence-corrected chi connectivity index (χ1v) is 9.53. The summed E-state index contributed by atoms with van der Waals surface area (Å²) in [5.41, 5.74) is 3.98. The zero-order valence-electron chi connectivity index (χ0n) is 13.5. The highest BCUT2D eigenvalue weighted by molar-refractivity contribution is 8.16. The van der Waals surface area contributed by atoms with Crippen LogP contribution in [0.15, 0.2) is 36.1 Å². The molecule has 0 fully saturated rings. The fraction of sp³-hybridized carbons (Fsp3) is 0.389. The van der Waals surface area contributed by atoms with Gasteiger partial charge in [0.25, 0.3) is 0 Å².